The molecule has 1 unspecified atom stereocenters. The van der Waals surface area contributed by atoms with Crippen LogP contribution in [0.2, 0.25) is 0 Å². The maximum Gasteiger partial charge on any atom is 0.325 e. The van der Waals surface area contributed by atoms with Gasteiger partial charge in [-0.2, -0.15) is 0 Å². The molecule has 9 heteroatoms. The summed E-state index contributed by atoms with van der Waals surface area (Å²) < 4.78 is 5.22. The molecule has 0 saturated carbocycles. The highest BCUT2D eigenvalue weighted by Crippen LogP contribution is 2.26. The number of urea groups is 1. The average Bonchev–Trinajstić information content (AvgIpc) is 3.35. The van der Waals surface area contributed by atoms with Gasteiger partial charge >= 0.3 is 6.03 Å². The van der Waals surface area contributed by atoms with Crippen LogP contribution in [0.15, 0.2) is 29.6 Å². The molecule has 3 amide bonds. The van der Waals surface area contributed by atoms with Gasteiger partial charge < -0.3 is 10.1 Å². The summed E-state index contributed by atoms with van der Waals surface area (Å²) in [7, 11) is 1.66. The van der Waals surface area contributed by atoms with Crippen LogP contribution in [-0.2, 0) is 11.3 Å². The molecule has 1 aromatic carbocycles. The van der Waals surface area contributed by atoms with Crippen molar-refractivity contribution in [2.24, 2.45) is 5.92 Å². The Morgan fingerprint density at radius 3 is 2.47 bits per heavy atom. The quantitative estimate of drug-likeness (QED) is 0.614. The molecule has 2 fully saturated rings. The van der Waals surface area contributed by atoms with Gasteiger partial charge in [-0.15, -0.1) is 11.3 Å². The highest BCUT2D eigenvalue weighted by molar-refractivity contribution is 7.13. The average molecular weight is 458 g/mol. The Labute approximate surface area is 193 Å². The molecular weight excluding hydrogens is 426 g/mol. The number of carbonyl (C=O) groups excluding carboxylic acids is 2. The van der Waals surface area contributed by atoms with E-state index in [2.05, 4.69) is 34.3 Å². The van der Waals surface area contributed by atoms with Gasteiger partial charge in [0.05, 0.1) is 19.5 Å². The summed E-state index contributed by atoms with van der Waals surface area (Å²) in [5.74, 6) is 1.11. The van der Waals surface area contributed by atoms with Crippen molar-refractivity contribution in [2.45, 2.75) is 32.9 Å². The third kappa shape index (κ3) is 5.28. The zero-order chi connectivity index (χ0) is 22.7. The summed E-state index contributed by atoms with van der Waals surface area (Å²) in [5.41, 5.74) is 2.16. The van der Waals surface area contributed by atoms with Crippen molar-refractivity contribution >= 4 is 23.3 Å². The summed E-state index contributed by atoms with van der Waals surface area (Å²) in [5, 5.41) is 5.95. The van der Waals surface area contributed by atoms with Crippen molar-refractivity contribution in [3.63, 3.8) is 0 Å². The van der Waals surface area contributed by atoms with Crippen LogP contribution in [0.1, 0.15) is 26.0 Å². The van der Waals surface area contributed by atoms with Gasteiger partial charge in [-0.3, -0.25) is 14.6 Å². The Morgan fingerprint density at radius 2 is 1.81 bits per heavy atom. The zero-order valence-corrected chi connectivity index (χ0v) is 19.7. The Balaban J connectivity index is 1.26. The van der Waals surface area contributed by atoms with E-state index in [0.29, 0.717) is 19.0 Å². The fraction of sp³-hybridized carbons (Fsp3) is 0.522. The van der Waals surface area contributed by atoms with E-state index in [1.165, 1.54) is 4.90 Å². The predicted molar refractivity (Wildman–Crippen MR) is 124 cm³/mol. The highest BCUT2D eigenvalue weighted by Gasteiger charge is 2.39. The van der Waals surface area contributed by atoms with E-state index in [1.54, 1.807) is 18.4 Å². The molecule has 2 aromatic rings. The number of hydrogen-bond acceptors (Lipinski definition) is 7. The van der Waals surface area contributed by atoms with E-state index in [0.717, 1.165) is 54.7 Å². The lowest BCUT2D eigenvalue weighted by Crippen LogP contribution is -2.51. The Kier molecular flexibility index (Phi) is 7.07. The largest absolute Gasteiger partial charge is 0.497 e. The van der Waals surface area contributed by atoms with Gasteiger partial charge in [0.25, 0.3) is 5.91 Å². The molecule has 0 spiro atoms. The van der Waals surface area contributed by atoms with Crippen LogP contribution in [0.3, 0.4) is 0 Å². The smallest absolute Gasteiger partial charge is 0.325 e. The number of nitrogens with zero attached hydrogens (tertiary/aromatic N) is 4. The number of hydrogen-bond donors (Lipinski definition) is 1. The third-order valence-electron chi connectivity index (χ3n) is 5.89. The van der Waals surface area contributed by atoms with Gasteiger partial charge in [0.2, 0.25) is 0 Å². The first-order chi connectivity index (χ1) is 15.4. The highest BCUT2D eigenvalue weighted by atomic mass is 32.1. The lowest BCUT2D eigenvalue weighted by atomic mass is 10.0. The number of benzene rings is 1. The van der Waals surface area contributed by atoms with Crippen molar-refractivity contribution in [3.05, 3.63) is 35.3 Å². The molecule has 0 bridgehead atoms. The van der Waals surface area contributed by atoms with Crippen molar-refractivity contribution in [1.29, 1.82) is 0 Å². The topological polar surface area (TPSA) is 78.0 Å². The first-order valence-corrected chi connectivity index (χ1v) is 12.0. The fourth-order valence-corrected chi connectivity index (χ4v) is 4.92. The lowest BCUT2D eigenvalue weighted by Gasteiger charge is -2.35. The van der Waals surface area contributed by atoms with E-state index < -0.39 is 0 Å². The molecule has 1 N–H and O–H groups in total. The number of amides is 3. The molecule has 2 saturated heterocycles. The van der Waals surface area contributed by atoms with Gasteiger partial charge in [-0.1, -0.05) is 13.8 Å². The molecule has 3 heterocycles. The van der Waals surface area contributed by atoms with Crippen LogP contribution in [0, 0.1) is 5.92 Å². The lowest BCUT2D eigenvalue weighted by molar-refractivity contribution is -0.129. The minimum atomic E-state index is -0.381. The molecule has 172 valence electrons. The second kappa shape index (κ2) is 9.97. The van der Waals surface area contributed by atoms with Crippen molar-refractivity contribution in [2.75, 3.05) is 40.0 Å². The monoisotopic (exact) mass is 457 g/mol. The molecule has 0 aliphatic carbocycles. The van der Waals surface area contributed by atoms with Gasteiger partial charge in [0.1, 0.15) is 16.8 Å². The summed E-state index contributed by atoms with van der Waals surface area (Å²) in [6.45, 7) is 8.70. The number of carbonyl (C=O) groups is 2. The van der Waals surface area contributed by atoms with Crippen LogP contribution < -0.4 is 10.1 Å². The third-order valence-corrected chi connectivity index (χ3v) is 6.83. The van der Waals surface area contributed by atoms with Gasteiger partial charge in [0, 0.05) is 43.7 Å². The van der Waals surface area contributed by atoms with Crippen LogP contribution in [0.5, 0.6) is 5.75 Å². The van der Waals surface area contributed by atoms with Gasteiger partial charge in [-0.25, -0.2) is 14.7 Å². The predicted octanol–water partition coefficient (Wildman–Crippen LogP) is 2.86. The SMILES string of the molecule is COc1ccc(-c2nc(CN3CCN(CN4C(=O)NC(CC(C)C)C4=O)CC3)cs2)cc1. The number of ether oxygens (including phenoxy) is 1. The number of rotatable bonds is 8. The number of thiazole rings is 1. The number of aromatic nitrogens is 1. The first kappa shape index (κ1) is 22.7. The van der Waals surface area contributed by atoms with Crippen molar-refractivity contribution in [3.8, 4) is 16.3 Å². The Morgan fingerprint density at radius 1 is 1.12 bits per heavy atom. The second-order valence-corrected chi connectivity index (χ2v) is 9.66. The molecule has 2 aliphatic heterocycles. The number of nitrogens with one attached hydrogen (secondary N) is 1. The minimum Gasteiger partial charge on any atom is -0.497 e. The van der Waals surface area contributed by atoms with Crippen molar-refractivity contribution < 1.29 is 14.3 Å². The standard InChI is InChI=1S/C23H31N5O3S/c1-16(2)12-20-22(29)28(23(30)25-20)15-27-10-8-26(9-11-27)13-18-14-32-21(24-18)17-4-6-19(31-3)7-5-17/h4-7,14,16,20H,8-13,15H2,1-3H3,(H,25,30). The molecule has 1 atom stereocenters. The number of methoxy groups -OCH3 is 1. The van der Waals surface area contributed by atoms with E-state index in [1.807, 2.05) is 24.3 Å². The molecule has 1 aromatic heterocycles. The van der Waals surface area contributed by atoms with Crippen LogP contribution in [0.25, 0.3) is 10.6 Å². The minimum absolute atomic E-state index is 0.0975. The van der Waals surface area contributed by atoms with E-state index in [-0.39, 0.29) is 18.0 Å². The fourth-order valence-electron chi connectivity index (χ4n) is 4.11. The van der Waals surface area contributed by atoms with Gasteiger partial charge in [0.15, 0.2) is 0 Å². The Bertz CT molecular complexity index is 937. The number of piperazine rings is 1. The Hall–Kier alpha value is -2.49. The molecule has 4 rings (SSSR count). The molecule has 2 aliphatic rings. The molecule has 0 radical (unpaired) electrons. The number of imide groups is 1. The van der Waals surface area contributed by atoms with Crippen LogP contribution >= 0.6 is 11.3 Å². The van der Waals surface area contributed by atoms with Crippen LogP contribution in [0.4, 0.5) is 4.79 Å². The van der Waals surface area contributed by atoms with Crippen LogP contribution in [-0.4, -0.2) is 77.6 Å². The molecule has 8 nitrogen and oxygen atoms in total. The van der Waals surface area contributed by atoms with E-state index in [4.69, 9.17) is 9.72 Å². The van der Waals surface area contributed by atoms with Gasteiger partial charge in [-0.05, 0) is 36.6 Å². The maximum atomic E-state index is 12.6. The summed E-state index contributed by atoms with van der Waals surface area (Å²) in [6, 6.07) is 7.31. The maximum absolute atomic E-state index is 12.6. The molecular formula is C23H31N5O3S. The zero-order valence-electron chi connectivity index (χ0n) is 18.9. The normalized spacial score (nSPS) is 20.2. The summed E-state index contributed by atoms with van der Waals surface area (Å²) >= 11 is 1.65. The first-order valence-electron chi connectivity index (χ1n) is 11.1. The van der Waals surface area contributed by atoms with Crippen molar-refractivity contribution in [1.82, 2.24) is 25.0 Å². The second-order valence-electron chi connectivity index (χ2n) is 8.81. The van der Waals surface area contributed by atoms with E-state index in [9.17, 15) is 9.59 Å². The molecule has 32 heavy (non-hydrogen) atoms. The summed E-state index contributed by atoms with van der Waals surface area (Å²) in [6.07, 6.45) is 0.682. The summed E-state index contributed by atoms with van der Waals surface area (Å²) in [4.78, 5) is 35.5. The van der Waals surface area contributed by atoms with E-state index >= 15 is 0 Å².